The first-order valence-electron chi connectivity index (χ1n) is 7.30. The Hall–Kier alpha value is 0.230. The number of hydrogen-bond donors (Lipinski definition) is 1. The van der Waals surface area contributed by atoms with Crippen LogP contribution in [-0.4, -0.2) is 47.6 Å². The van der Waals surface area contributed by atoms with E-state index in [2.05, 4.69) is 0 Å². The van der Waals surface area contributed by atoms with Gasteiger partial charge >= 0.3 is 0 Å². The van der Waals surface area contributed by atoms with Crippen molar-refractivity contribution in [2.75, 3.05) is 24.7 Å². The Kier molecular flexibility index (Phi) is 4.18. The third-order valence-corrected chi connectivity index (χ3v) is 5.75. The SMILES string of the molecule is OC(C1CCOC2(CCSCC2)C1)C1CCCO1. The highest BCUT2D eigenvalue weighted by atomic mass is 32.2. The van der Waals surface area contributed by atoms with Gasteiger partial charge in [0, 0.05) is 13.2 Å². The molecule has 0 aliphatic carbocycles. The number of aliphatic hydroxyl groups is 1. The van der Waals surface area contributed by atoms with E-state index in [0.29, 0.717) is 5.92 Å². The maximum absolute atomic E-state index is 10.5. The van der Waals surface area contributed by atoms with Gasteiger partial charge < -0.3 is 14.6 Å². The summed E-state index contributed by atoms with van der Waals surface area (Å²) in [5.41, 5.74) is 0.0771. The Morgan fingerprint density at radius 1 is 1.17 bits per heavy atom. The molecule has 3 rings (SSSR count). The molecule has 0 aromatic rings. The number of aliphatic hydroxyl groups excluding tert-OH is 1. The minimum atomic E-state index is -0.275. The number of ether oxygens (including phenoxy) is 2. The minimum Gasteiger partial charge on any atom is -0.390 e. The van der Waals surface area contributed by atoms with Crippen LogP contribution in [0.3, 0.4) is 0 Å². The van der Waals surface area contributed by atoms with Crippen molar-refractivity contribution in [1.82, 2.24) is 0 Å². The van der Waals surface area contributed by atoms with Crippen molar-refractivity contribution in [3.05, 3.63) is 0 Å². The van der Waals surface area contributed by atoms with Gasteiger partial charge in [0.05, 0.1) is 17.8 Å². The Morgan fingerprint density at radius 2 is 2.00 bits per heavy atom. The van der Waals surface area contributed by atoms with Crippen molar-refractivity contribution < 1.29 is 14.6 Å². The molecular formula is C14H24O3S. The fourth-order valence-corrected chi connectivity index (χ4v) is 4.86. The van der Waals surface area contributed by atoms with Crippen LogP contribution in [0.5, 0.6) is 0 Å². The third-order valence-electron chi connectivity index (χ3n) is 4.76. The monoisotopic (exact) mass is 272 g/mol. The fraction of sp³-hybridized carbons (Fsp3) is 1.00. The zero-order chi connectivity index (χ0) is 12.4. The number of thioether (sulfide) groups is 1. The molecule has 0 aromatic carbocycles. The lowest BCUT2D eigenvalue weighted by molar-refractivity contribution is -0.136. The molecule has 3 nitrogen and oxygen atoms in total. The largest absolute Gasteiger partial charge is 0.390 e. The van der Waals surface area contributed by atoms with Gasteiger partial charge in [-0.25, -0.2) is 0 Å². The van der Waals surface area contributed by atoms with Crippen LogP contribution in [0.15, 0.2) is 0 Å². The maximum atomic E-state index is 10.5. The average molecular weight is 272 g/mol. The average Bonchev–Trinajstić information content (AvgIpc) is 2.93. The van der Waals surface area contributed by atoms with Crippen LogP contribution in [0.4, 0.5) is 0 Å². The van der Waals surface area contributed by atoms with Crippen molar-refractivity contribution in [1.29, 1.82) is 0 Å². The van der Waals surface area contributed by atoms with E-state index >= 15 is 0 Å². The van der Waals surface area contributed by atoms with Gasteiger partial charge in [-0.05, 0) is 55.9 Å². The standard InChI is InChI=1S/C14H24O3S/c15-13(12-2-1-6-16-12)11-3-7-17-14(10-11)4-8-18-9-5-14/h11-13,15H,1-10H2. The molecule has 3 unspecified atom stereocenters. The van der Waals surface area contributed by atoms with E-state index in [0.717, 1.165) is 51.7 Å². The van der Waals surface area contributed by atoms with Crippen molar-refractivity contribution in [3.8, 4) is 0 Å². The molecule has 1 spiro atoms. The highest BCUT2D eigenvalue weighted by Gasteiger charge is 2.42. The van der Waals surface area contributed by atoms with Gasteiger partial charge in [0.25, 0.3) is 0 Å². The van der Waals surface area contributed by atoms with E-state index < -0.39 is 0 Å². The predicted octanol–water partition coefficient (Wildman–Crippen LogP) is 2.22. The molecule has 18 heavy (non-hydrogen) atoms. The molecule has 0 amide bonds. The molecule has 3 aliphatic rings. The summed E-state index contributed by atoms with van der Waals surface area (Å²) in [6, 6.07) is 0. The second-order valence-corrected chi connectivity index (χ2v) is 7.16. The van der Waals surface area contributed by atoms with E-state index in [4.69, 9.17) is 9.47 Å². The van der Waals surface area contributed by atoms with Gasteiger partial charge in [0.15, 0.2) is 0 Å². The highest BCUT2D eigenvalue weighted by molar-refractivity contribution is 7.99. The van der Waals surface area contributed by atoms with Crippen molar-refractivity contribution in [2.24, 2.45) is 5.92 Å². The van der Waals surface area contributed by atoms with Gasteiger partial charge in [-0.2, -0.15) is 11.8 Å². The molecule has 3 aliphatic heterocycles. The topological polar surface area (TPSA) is 38.7 Å². The molecule has 0 radical (unpaired) electrons. The first kappa shape index (κ1) is 13.2. The van der Waals surface area contributed by atoms with E-state index in [9.17, 15) is 5.11 Å². The Balaban J connectivity index is 1.62. The first-order chi connectivity index (χ1) is 8.79. The second-order valence-electron chi connectivity index (χ2n) is 5.94. The smallest absolute Gasteiger partial charge is 0.0837 e. The van der Waals surface area contributed by atoms with Crippen LogP contribution >= 0.6 is 11.8 Å². The predicted molar refractivity (Wildman–Crippen MR) is 72.9 cm³/mol. The van der Waals surface area contributed by atoms with Crippen molar-refractivity contribution >= 4 is 11.8 Å². The van der Waals surface area contributed by atoms with Crippen LogP contribution in [0.1, 0.15) is 38.5 Å². The first-order valence-corrected chi connectivity index (χ1v) is 8.46. The van der Waals surface area contributed by atoms with Gasteiger partial charge in [-0.1, -0.05) is 0 Å². The molecule has 104 valence electrons. The summed E-state index contributed by atoms with van der Waals surface area (Å²) >= 11 is 2.03. The number of hydrogen-bond acceptors (Lipinski definition) is 4. The summed E-state index contributed by atoms with van der Waals surface area (Å²) in [4.78, 5) is 0. The molecule has 0 bridgehead atoms. The summed E-state index contributed by atoms with van der Waals surface area (Å²) in [6.07, 6.45) is 6.29. The Morgan fingerprint density at radius 3 is 2.72 bits per heavy atom. The van der Waals surface area contributed by atoms with Crippen molar-refractivity contribution in [3.63, 3.8) is 0 Å². The van der Waals surface area contributed by atoms with Crippen LogP contribution in [0.25, 0.3) is 0 Å². The van der Waals surface area contributed by atoms with E-state index in [1.165, 1.54) is 11.5 Å². The zero-order valence-corrected chi connectivity index (χ0v) is 11.8. The quantitative estimate of drug-likeness (QED) is 0.836. The van der Waals surface area contributed by atoms with E-state index in [1.807, 2.05) is 11.8 Å². The van der Waals surface area contributed by atoms with Gasteiger partial charge in [0.1, 0.15) is 0 Å². The highest BCUT2D eigenvalue weighted by Crippen LogP contribution is 2.41. The Bertz CT molecular complexity index is 267. The molecular weight excluding hydrogens is 248 g/mol. The maximum Gasteiger partial charge on any atom is 0.0837 e. The van der Waals surface area contributed by atoms with Gasteiger partial charge in [0.2, 0.25) is 0 Å². The van der Waals surface area contributed by atoms with Gasteiger partial charge in [-0.15, -0.1) is 0 Å². The number of rotatable bonds is 2. The molecule has 3 fully saturated rings. The van der Waals surface area contributed by atoms with E-state index in [-0.39, 0.29) is 17.8 Å². The summed E-state index contributed by atoms with van der Waals surface area (Å²) in [5, 5.41) is 10.5. The van der Waals surface area contributed by atoms with Crippen LogP contribution in [0.2, 0.25) is 0 Å². The normalized spacial score (nSPS) is 37.8. The lowest BCUT2D eigenvalue weighted by Gasteiger charge is -2.45. The van der Waals surface area contributed by atoms with Gasteiger partial charge in [-0.3, -0.25) is 0 Å². The molecule has 3 heterocycles. The summed E-state index contributed by atoms with van der Waals surface area (Å²) in [6.45, 7) is 1.64. The van der Waals surface area contributed by atoms with E-state index in [1.54, 1.807) is 0 Å². The molecule has 0 saturated carbocycles. The summed E-state index contributed by atoms with van der Waals surface area (Å²) in [7, 11) is 0. The Labute approximate surface area is 114 Å². The fourth-order valence-electron chi connectivity index (χ4n) is 3.62. The summed E-state index contributed by atoms with van der Waals surface area (Å²) in [5.74, 6) is 2.80. The van der Waals surface area contributed by atoms with Crippen LogP contribution < -0.4 is 0 Å². The van der Waals surface area contributed by atoms with Crippen LogP contribution in [-0.2, 0) is 9.47 Å². The molecule has 1 N–H and O–H groups in total. The van der Waals surface area contributed by atoms with Crippen molar-refractivity contribution in [2.45, 2.75) is 56.3 Å². The van der Waals surface area contributed by atoms with Crippen LogP contribution in [0, 0.1) is 5.92 Å². The summed E-state index contributed by atoms with van der Waals surface area (Å²) < 4.78 is 11.7. The second kappa shape index (κ2) is 5.70. The molecule has 3 atom stereocenters. The third kappa shape index (κ3) is 2.72. The zero-order valence-electron chi connectivity index (χ0n) is 11.0. The molecule has 0 aromatic heterocycles. The molecule has 4 heteroatoms. The lowest BCUT2D eigenvalue weighted by Crippen LogP contribution is -2.47. The minimum absolute atomic E-state index is 0.0771. The molecule has 3 saturated heterocycles. The lowest BCUT2D eigenvalue weighted by atomic mass is 9.78.